The monoisotopic (exact) mass is 518 g/mol. The molecule has 5 aromatic rings. The van der Waals surface area contributed by atoms with Gasteiger partial charge in [0.05, 0.1) is 11.3 Å². The third kappa shape index (κ3) is 3.89. The Morgan fingerprint density at radius 3 is 2.48 bits per heavy atom. The Morgan fingerprint density at radius 2 is 1.71 bits per heavy atom. The van der Waals surface area contributed by atoms with Crippen LogP contribution in [0.5, 0.6) is 0 Å². The van der Waals surface area contributed by atoms with E-state index in [0.717, 1.165) is 26.1 Å². The smallest absolute Gasteiger partial charge is 0.256 e. The number of pyridine rings is 1. The highest BCUT2D eigenvalue weighted by Crippen LogP contribution is 2.23. The molecule has 5 rings (SSSR count). The van der Waals surface area contributed by atoms with Crippen molar-refractivity contribution in [3.63, 3.8) is 0 Å². The van der Waals surface area contributed by atoms with Crippen LogP contribution >= 0.6 is 22.6 Å². The minimum absolute atomic E-state index is 0.136. The molecule has 7 nitrogen and oxygen atoms in total. The topological polar surface area (TPSA) is 85.1 Å². The van der Waals surface area contributed by atoms with Gasteiger partial charge in [-0.2, -0.15) is 9.61 Å². The van der Waals surface area contributed by atoms with E-state index in [0.29, 0.717) is 17.0 Å². The van der Waals surface area contributed by atoms with E-state index in [4.69, 9.17) is 5.10 Å². The number of carbonyl (C=O) groups is 1. The molecule has 1 N–H and O–H groups in total. The molecule has 8 heteroatoms. The third-order valence-corrected chi connectivity index (χ3v) is 5.68. The summed E-state index contributed by atoms with van der Waals surface area (Å²) in [5.74, 6) is 0.495. The average Bonchev–Trinajstić information content (AvgIpc) is 3.24. The first-order chi connectivity index (χ1) is 15.2. The van der Waals surface area contributed by atoms with Crippen molar-refractivity contribution < 1.29 is 4.79 Å². The molecule has 0 unspecified atom stereocenters. The first kappa shape index (κ1) is 19.3. The molecule has 0 saturated heterocycles. The second kappa shape index (κ2) is 8.23. The Hall–Kier alpha value is -3.66. The van der Waals surface area contributed by atoms with Gasteiger partial charge in [0.25, 0.3) is 5.91 Å². The molecule has 0 spiro atoms. The highest BCUT2D eigenvalue weighted by atomic mass is 127. The van der Waals surface area contributed by atoms with Gasteiger partial charge in [-0.3, -0.25) is 9.78 Å². The number of fused-ring (bicyclic) bond motifs is 1. The fourth-order valence-corrected chi connectivity index (χ4v) is 3.82. The van der Waals surface area contributed by atoms with E-state index in [2.05, 4.69) is 43.1 Å². The lowest BCUT2D eigenvalue weighted by atomic mass is 10.1. The summed E-state index contributed by atoms with van der Waals surface area (Å²) >= 11 is 2.16. The summed E-state index contributed by atoms with van der Waals surface area (Å²) < 4.78 is 2.62. The van der Waals surface area contributed by atoms with Crippen molar-refractivity contribution in [2.75, 3.05) is 5.32 Å². The first-order valence-corrected chi connectivity index (χ1v) is 10.6. The molecule has 0 fully saturated rings. The number of amides is 1. The van der Waals surface area contributed by atoms with Gasteiger partial charge < -0.3 is 5.32 Å². The number of nitrogens with one attached hydrogen (secondary N) is 1. The summed E-state index contributed by atoms with van der Waals surface area (Å²) in [5.41, 5.74) is 4.55. The lowest BCUT2D eigenvalue weighted by molar-refractivity contribution is 0.102. The van der Waals surface area contributed by atoms with Crippen LogP contribution in [0, 0.1) is 3.57 Å². The molecule has 0 radical (unpaired) electrons. The number of anilines is 1. The molecule has 1 amide bonds. The molecule has 0 saturated carbocycles. The fraction of sp³-hybridized carbons (Fsp3) is 0. The predicted molar refractivity (Wildman–Crippen MR) is 127 cm³/mol. The van der Waals surface area contributed by atoms with Gasteiger partial charge >= 0.3 is 0 Å². The zero-order valence-corrected chi connectivity index (χ0v) is 18.3. The van der Waals surface area contributed by atoms with E-state index in [9.17, 15) is 4.79 Å². The van der Waals surface area contributed by atoms with Gasteiger partial charge in [0.15, 0.2) is 11.5 Å². The molecule has 0 aliphatic rings. The molecule has 0 atom stereocenters. The van der Waals surface area contributed by atoms with E-state index in [1.54, 1.807) is 16.9 Å². The summed E-state index contributed by atoms with van der Waals surface area (Å²) in [6.07, 6.45) is 3.45. The maximum atomic E-state index is 12.5. The zero-order valence-electron chi connectivity index (χ0n) is 16.1. The van der Waals surface area contributed by atoms with E-state index >= 15 is 0 Å². The first-order valence-electron chi connectivity index (χ1n) is 9.48. The molecule has 150 valence electrons. The SMILES string of the molecule is O=C(Nc1ccc(-c2ccc3nnc(-c4cccnc4)n3n2)cc1)c1ccccc1I. The highest BCUT2D eigenvalue weighted by Gasteiger charge is 2.12. The van der Waals surface area contributed by atoms with Crippen LogP contribution in [-0.2, 0) is 0 Å². The van der Waals surface area contributed by atoms with E-state index in [1.165, 1.54) is 0 Å². The van der Waals surface area contributed by atoms with Crippen LogP contribution in [0.4, 0.5) is 5.69 Å². The van der Waals surface area contributed by atoms with Gasteiger partial charge in [-0.05, 0) is 71.1 Å². The maximum absolute atomic E-state index is 12.5. The molecule has 0 aliphatic heterocycles. The summed E-state index contributed by atoms with van der Waals surface area (Å²) in [6, 6.07) is 22.6. The molecule has 31 heavy (non-hydrogen) atoms. The lowest BCUT2D eigenvalue weighted by Crippen LogP contribution is -2.13. The number of aromatic nitrogens is 5. The fourth-order valence-electron chi connectivity index (χ4n) is 3.19. The second-order valence-corrected chi connectivity index (χ2v) is 7.93. The Balaban J connectivity index is 1.42. The van der Waals surface area contributed by atoms with Gasteiger partial charge in [0, 0.05) is 32.8 Å². The van der Waals surface area contributed by atoms with Crippen molar-refractivity contribution in [2.45, 2.75) is 0 Å². The number of benzene rings is 2. The largest absolute Gasteiger partial charge is 0.322 e. The van der Waals surface area contributed by atoms with E-state index in [1.807, 2.05) is 72.8 Å². The Labute approximate surface area is 191 Å². The van der Waals surface area contributed by atoms with Crippen LogP contribution in [0.3, 0.4) is 0 Å². The van der Waals surface area contributed by atoms with Crippen LogP contribution in [0.15, 0.2) is 85.2 Å². The van der Waals surface area contributed by atoms with Crippen molar-refractivity contribution >= 4 is 39.8 Å². The van der Waals surface area contributed by atoms with Crippen LogP contribution in [0.1, 0.15) is 10.4 Å². The minimum Gasteiger partial charge on any atom is -0.322 e. The van der Waals surface area contributed by atoms with Crippen molar-refractivity contribution in [1.29, 1.82) is 0 Å². The van der Waals surface area contributed by atoms with Gasteiger partial charge in [0.2, 0.25) is 0 Å². The van der Waals surface area contributed by atoms with E-state index in [-0.39, 0.29) is 5.91 Å². The Kier molecular flexibility index (Phi) is 5.13. The second-order valence-electron chi connectivity index (χ2n) is 6.77. The van der Waals surface area contributed by atoms with Crippen LogP contribution in [0.2, 0.25) is 0 Å². The number of hydrogen-bond acceptors (Lipinski definition) is 5. The number of halogens is 1. The lowest BCUT2D eigenvalue weighted by Gasteiger charge is -2.08. The third-order valence-electron chi connectivity index (χ3n) is 4.74. The van der Waals surface area contributed by atoms with Gasteiger partial charge in [-0.25, -0.2) is 0 Å². The molecule has 3 aromatic heterocycles. The number of nitrogens with zero attached hydrogens (tertiary/aromatic N) is 5. The molecular formula is C23H15IN6O. The number of hydrogen-bond donors (Lipinski definition) is 1. The molecule has 0 bridgehead atoms. The van der Waals surface area contributed by atoms with Crippen LogP contribution in [0.25, 0.3) is 28.3 Å². The number of carbonyl (C=O) groups excluding carboxylic acids is 1. The van der Waals surface area contributed by atoms with Gasteiger partial charge in [-0.1, -0.05) is 24.3 Å². The van der Waals surface area contributed by atoms with E-state index < -0.39 is 0 Å². The zero-order chi connectivity index (χ0) is 21.2. The summed E-state index contributed by atoms with van der Waals surface area (Å²) in [4.78, 5) is 16.7. The minimum atomic E-state index is -0.136. The summed E-state index contributed by atoms with van der Waals surface area (Å²) in [6.45, 7) is 0. The predicted octanol–water partition coefficient (Wildman–Crippen LogP) is 4.71. The van der Waals surface area contributed by atoms with Crippen LogP contribution < -0.4 is 5.32 Å². The Morgan fingerprint density at radius 1 is 0.871 bits per heavy atom. The van der Waals surface area contributed by atoms with Crippen molar-refractivity contribution in [3.05, 3.63) is 94.3 Å². The van der Waals surface area contributed by atoms with Crippen LogP contribution in [-0.4, -0.2) is 30.7 Å². The molecular weight excluding hydrogens is 503 g/mol. The van der Waals surface area contributed by atoms with Crippen molar-refractivity contribution in [1.82, 2.24) is 24.8 Å². The standard InChI is InChI=1S/C23H15IN6O/c24-19-6-2-1-5-18(19)23(31)26-17-9-7-15(8-10-17)20-11-12-21-27-28-22(30(21)29-20)16-4-3-13-25-14-16/h1-14H,(H,26,31). The van der Waals surface area contributed by atoms with Crippen molar-refractivity contribution in [2.24, 2.45) is 0 Å². The molecule has 3 heterocycles. The summed E-state index contributed by atoms with van der Waals surface area (Å²) in [5, 5.41) is 16.1. The Bertz CT molecular complexity index is 1380. The van der Waals surface area contributed by atoms with Gasteiger partial charge in [-0.15, -0.1) is 10.2 Å². The maximum Gasteiger partial charge on any atom is 0.256 e. The highest BCUT2D eigenvalue weighted by molar-refractivity contribution is 14.1. The molecule has 2 aromatic carbocycles. The van der Waals surface area contributed by atoms with Crippen molar-refractivity contribution in [3.8, 4) is 22.6 Å². The quantitative estimate of drug-likeness (QED) is 0.349. The van der Waals surface area contributed by atoms with Gasteiger partial charge in [0.1, 0.15) is 0 Å². The summed E-state index contributed by atoms with van der Waals surface area (Å²) in [7, 11) is 0. The number of rotatable bonds is 4. The average molecular weight is 518 g/mol. The normalized spacial score (nSPS) is 10.9. The molecule has 0 aliphatic carbocycles.